The molecule has 2 heterocycles. The summed E-state index contributed by atoms with van der Waals surface area (Å²) in [5.74, 6) is -0.427. The van der Waals surface area contributed by atoms with E-state index in [-0.39, 0.29) is 35.6 Å². The molecule has 1 aromatic heterocycles. The second-order valence-electron chi connectivity index (χ2n) is 9.22. The summed E-state index contributed by atoms with van der Waals surface area (Å²) in [6, 6.07) is 9.98. The molecule has 30 heavy (non-hydrogen) atoms. The normalized spacial score (nSPS) is 16.3. The van der Waals surface area contributed by atoms with Crippen molar-refractivity contribution in [2.24, 2.45) is 5.41 Å². The number of hydrogen-bond donors (Lipinski definition) is 0. The molecule has 0 spiro atoms. The molecule has 162 valence electrons. The van der Waals surface area contributed by atoms with Crippen molar-refractivity contribution in [3.63, 3.8) is 0 Å². The van der Waals surface area contributed by atoms with Crippen LogP contribution in [0.4, 0.5) is 4.39 Å². The summed E-state index contributed by atoms with van der Waals surface area (Å²) in [5.41, 5.74) is 1.57. The van der Waals surface area contributed by atoms with E-state index >= 15 is 0 Å². The fourth-order valence-corrected chi connectivity index (χ4v) is 4.06. The van der Waals surface area contributed by atoms with Gasteiger partial charge < -0.3 is 14.4 Å². The van der Waals surface area contributed by atoms with Crippen molar-refractivity contribution in [2.45, 2.75) is 53.1 Å². The van der Waals surface area contributed by atoms with Crippen LogP contribution in [0.15, 0.2) is 42.6 Å². The van der Waals surface area contributed by atoms with Crippen molar-refractivity contribution < 1.29 is 14.0 Å². The maximum absolute atomic E-state index is 14.0. The Balaban J connectivity index is 1.86. The number of carbonyl (C=O) groups excluding carboxylic acids is 2. The van der Waals surface area contributed by atoms with Crippen molar-refractivity contribution in [3.8, 4) is 0 Å². The Morgan fingerprint density at radius 2 is 1.93 bits per heavy atom. The van der Waals surface area contributed by atoms with Gasteiger partial charge in [-0.05, 0) is 41.7 Å². The van der Waals surface area contributed by atoms with Crippen LogP contribution in [-0.4, -0.2) is 45.8 Å². The fourth-order valence-electron chi connectivity index (χ4n) is 4.06. The average molecular weight is 414 g/mol. The van der Waals surface area contributed by atoms with E-state index < -0.39 is 0 Å². The standard InChI is InChI=1S/C24H32FN3O2/c1-5-11-27(21(29)16-24(2,3)4)17-22(30)28-14-13-26-12-7-10-20(26)23(28)18-8-6-9-19(25)15-18/h6-10,12,15,23H,5,11,13-14,16-17H2,1-4H3. The Bertz CT molecular complexity index is 900. The number of aromatic nitrogens is 1. The maximum Gasteiger partial charge on any atom is 0.243 e. The van der Waals surface area contributed by atoms with Crippen LogP contribution in [0.5, 0.6) is 0 Å². The van der Waals surface area contributed by atoms with Crippen molar-refractivity contribution in [3.05, 3.63) is 59.7 Å². The molecule has 1 atom stereocenters. The SMILES string of the molecule is CCCN(CC(=O)N1CCn2cccc2C1c1cccc(F)c1)C(=O)CC(C)(C)C. The zero-order chi connectivity index (χ0) is 21.9. The van der Waals surface area contributed by atoms with Crippen LogP contribution in [0.2, 0.25) is 0 Å². The Hall–Kier alpha value is -2.63. The summed E-state index contributed by atoms with van der Waals surface area (Å²) in [5, 5.41) is 0. The van der Waals surface area contributed by atoms with Gasteiger partial charge in [-0.3, -0.25) is 9.59 Å². The topological polar surface area (TPSA) is 45.6 Å². The van der Waals surface area contributed by atoms with Gasteiger partial charge in [0.1, 0.15) is 5.82 Å². The summed E-state index contributed by atoms with van der Waals surface area (Å²) in [7, 11) is 0. The van der Waals surface area contributed by atoms with E-state index in [4.69, 9.17) is 0 Å². The lowest BCUT2D eigenvalue weighted by atomic mass is 9.91. The molecule has 0 saturated carbocycles. The van der Waals surface area contributed by atoms with E-state index in [1.54, 1.807) is 15.9 Å². The van der Waals surface area contributed by atoms with Crippen LogP contribution in [0.1, 0.15) is 57.8 Å². The molecule has 0 saturated heterocycles. The van der Waals surface area contributed by atoms with Gasteiger partial charge in [-0.15, -0.1) is 0 Å². The first-order valence-corrected chi connectivity index (χ1v) is 10.7. The third kappa shape index (κ3) is 5.10. The predicted octanol–water partition coefficient (Wildman–Crippen LogP) is 4.23. The largest absolute Gasteiger partial charge is 0.348 e. The van der Waals surface area contributed by atoms with E-state index in [1.807, 2.05) is 52.1 Å². The number of halogens is 1. The van der Waals surface area contributed by atoms with Crippen LogP contribution < -0.4 is 0 Å². The molecule has 0 fully saturated rings. The van der Waals surface area contributed by atoms with Crippen molar-refractivity contribution in [1.29, 1.82) is 0 Å². The van der Waals surface area contributed by atoms with Gasteiger partial charge in [-0.2, -0.15) is 0 Å². The number of nitrogens with zero attached hydrogens (tertiary/aromatic N) is 3. The van der Waals surface area contributed by atoms with Crippen LogP contribution in [0.25, 0.3) is 0 Å². The van der Waals surface area contributed by atoms with Crippen molar-refractivity contribution in [1.82, 2.24) is 14.4 Å². The van der Waals surface area contributed by atoms with Crippen LogP contribution in [0, 0.1) is 11.2 Å². The lowest BCUT2D eigenvalue weighted by molar-refractivity contribution is -0.143. The van der Waals surface area contributed by atoms with Crippen LogP contribution >= 0.6 is 0 Å². The van der Waals surface area contributed by atoms with Gasteiger partial charge in [0.05, 0.1) is 12.6 Å². The highest BCUT2D eigenvalue weighted by Crippen LogP contribution is 2.33. The van der Waals surface area contributed by atoms with E-state index in [0.717, 1.165) is 17.7 Å². The monoisotopic (exact) mass is 413 g/mol. The highest BCUT2D eigenvalue weighted by molar-refractivity contribution is 5.85. The Morgan fingerprint density at radius 1 is 1.17 bits per heavy atom. The Kier molecular flexibility index (Phi) is 6.64. The predicted molar refractivity (Wildman–Crippen MR) is 115 cm³/mol. The molecule has 1 aromatic carbocycles. The minimum Gasteiger partial charge on any atom is -0.348 e. The Labute approximate surface area is 178 Å². The summed E-state index contributed by atoms with van der Waals surface area (Å²) < 4.78 is 16.1. The molecule has 1 unspecified atom stereocenters. The molecular formula is C24H32FN3O2. The average Bonchev–Trinajstić information content (AvgIpc) is 3.14. The quantitative estimate of drug-likeness (QED) is 0.711. The van der Waals surface area contributed by atoms with E-state index in [2.05, 4.69) is 4.57 Å². The molecule has 0 radical (unpaired) electrons. The molecular weight excluding hydrogens is 381 g/mol. The number of benzene rings is 1. The highest BCUT2D eigenvalue weighted by atomic mass is 19.1. The van der Waals surface area contributed by atoms with Gasteiger partial charge >= 0.3 is 0 Å². The molecule has 1 aliphatic heterocycles. The molecule has 2 aromatic rings. The second-order valence-corrected chi connectivity index (χ2v) is 9.22. The molecule has 5 nitrogen and oxygen atoms in total. The number of fused-ring (bicyclic) bond motifs is 1. The van der Waals surface area contributed by atoms with E-state index in [0.29, 0.717) is 26.1 Å². The van der Waals surface area contributed by atoms with Gasteiger partial charge in [0.2, 0.25) is 11.8 Å². The minimum atomic E-state index is -0.363. The van der Waals surface area contributed by atoms with Gasteiger partial charge in [-0.1, -0.05) is 39.8 Å². The fraction of sp³-hybridized carbons (Fsp3) is 0.500. The lowest BCUT2D eigenvalue weighted by Crippen LogP contribution is -2.48. The molecule has 2 amide bonds. The number of amides is 2. The number of hydrogen-bond acceptors (Lipinski definition) is 2. The van der Waals surface area contributed by atoms with Gasteiger partial charge in [0.25, 0.3) is 0 Å². The number of rotatable bonds is 6. The summed E-state index contributed by atoms with van der Waals surface area (Å²) in [6.07, 6.45) is 3.18. The molecule has 0 bridgehead atoms. The Morgan fingerprint density at radius 3 is 2.60 bits per heavy atom. The molecule has 0 aliphatic carbocycles. The van der Waals surface area contributed by atoms with Crippen molar-refractivity contribution in [2.75, 3.05) is 19.6 Å². The molecule has 1 aliphatic rings. The summed E-state index contributed by atoms with van der Waals surface area (Å²) >= 11 is 0. The maximum atomic E-state index is 14.0. The zero-order valence-corrected chi connectivity index (χ0v) is 18.4. The third-order valence-corrected chi connectivity index (χ3v) is 5.38. The lowest BCUT2D eigenvalue weighted by Gasteiger charge is -2.38. The number of carbonyl (C=O) groups is 2. The smallest absolute Gasteiger partial charge is 0.243 e. The van der Waals surface area contributed by atoms with E-state index in [9.17, 15) is 14.0 Å². The van der Waals surface area contributed by atoms with Crippen molar-refractivity contribution >= 4 is 11.8 Å². The first kappa shape index (κ1) is 22.1. The van der Waals surface area contributed by atoms with E-state index in [1.165, 1.54) is 12.1 Å². The molecule has 0 N–H and O–H groups in total. The van der Waals surface area contributed by atoms with Crippen LogP contribution in [0.3, 0.4) is 0 Å². The summed E-state index contributed by atoms with van der Waals surface area (Å²) in [4.78, 5) is 29.7. The van der Waals surface area contributed by atoms with Crippen LogP contribution in [-0.2, 0) is 16.1 Å². The molecule has 3 rings (SSSR count). The van der Waals surface area contributed by atoms with Gasteiger partial charge in [0, 0.05) is 37.9 Å². The van der Waals surface area contributed by atoms with Gasteiger partial charge in [0.15, 0.2) is 0 Å². The minimum absolute atomic E-state index is 0.000361. The first-order valence-electron chi connectivity index (χ1n) is 10.7. The zero-order valence-electron chi connectivity index (χ0n) is 18.4. The molecule has 6 heteroatoms. The second kappa shape index (κ2) is 9.02. The highest BCUT2D eigenvalue weighted by Gasteiger charge is 2.33. The first-order chi connectivity index (χ1) is 14.2. The third-order valence-electron chi connectivity index (χ3n) is 5.38. The van der Waals surface area contributed by atoms with Gasteiger partial charge in [-0.25, -0.2) is 4.39 Å². The summed E-state index contributed by atoms with van der Waals surface area (Å²) in [6.45, 7) is 9.88.